The van der Waals surface area contributed by atoms with Crippen LogP contribution >= 0.6 is 0 Å². The fourth-order valence-electron chi connectivity index (χ4n) is 2.54. The van der Waals surface area contributed by atoms with Gasteiger partial charge < -0.3 is 10.4 Å². The largest absolute Gasteiger partial charge is 0.394 e. The first-order valence-corrected chi connectivity index (χ1v) is 6.81. The summed E-state index contributed by atoms with van der Waals surface area (Å²) in [5.74, 6) is 0. The lowest BCUT2D eigenvalue weighted by Crippen LogP contribution is -2.46. The molecule has 1 rings (SSSR count). The minimum atomic E-state index is -0.192. The molecule has 98 valence electrons. The monoisotopic (exact) mass is 238 g/mol. The first-order chi connectivity index (χ1) is 8.04. The quantitative estimate of drug-likeness (QED) is 0.670. The summed E-state index contributed by atoms with van der Waals surface area (Å²) in [7, 11) is 0. The second-order valence-corrected chi connectivity index (χ2v) is 6.03. The molecule has 0 saturated heterocycles. The number of nitrogens with zero attached hydrogens (tertiary/aromatic N) is 1. The van der Waals surface area contributed by atoms with Crippen LogP contribution in [0, 0.1) is 16.7 Å². The standard InChI is InChI=1S/C14H26N2O/c1-13(2,11-15)7-5-6-10-16-14(12-17)8-3-4-9-14/h16-17H,3-10,12H2,1-2H3. The molecule has 17 heavy (non-hydrogen) atoms. The normalized spacial score (nSPS) is 19.2. The maximum Gasteiger partial charge on any atom is 0.0683 e. The van der Waals surface area contributed by atoms with Crippen molar-refractivity contribution >= 4 is 0 Å². The lowest BCUT2D eigenvalue weighted by atomic mass is 9.89. The smallest absolute Gasteiger partial charge is 0.0683 e. The summed E-state index contributed by atoms with van der Waals surface area (Å²) in [6.45, 7) is 5.21. The van der Waals surface area contributed by atoms with Crippen molar-refractivity contribution in [3.8, 4) is 6.07 Å². The number of unbranched alkanes of at least 4 members (excludes halogenated alkanes) is 1. The number of rotatable bonds is 7. The second kappa shape index (κ2) is 6.37. The number of hydrogen-bond acceptors (Lipinski definition) is 3. The first-order valence-electron chi connectivity index (χ1n) is 6.81. The Morgan fingerprint density at radius 1 is 1.29 bits per heavy atom. The molecule has 0 aromatic rings. The zero-order valence-electron chi connectivity index (χ0n) is 11.3. The predicted octanol–water partition coefficient (Wildman–Crippen LogP) is 2.60. The number of nitrogens with one attached hydrogen (secondary N) is 1. The van der Waals surface area contributed by atoms with Gasteiger partial charge in [-0.3, -0.25) is 0 Å². The maximum atomic E-state index is 9.43. The van der Waals surface area contributed by atoms with Crippen LogP contribution in [-0.4, -0.2) is 23.8 Å². The van der Waals surface area contributed by atoms with E-state index in [1.807, 2.05) is 13.8 Å². The minimum absolute atomic E-state index is 0.00471. The molecule has 2 N–H and O–H groups in total. The summed E-state index contributed by atoms with van der Waals surface area (Å²) >= 11 is 0. The van der Waals surface area contributed by atoms with Crippen LogP contribution in [0.1, 0.15) is 58.8 Å². The van der Waals surface area contributed by atoms with Crippen LogP contribution in [0.3, 0.4) is 0 Å². The Morgan fingerprint density at radius 2 is 1.94 bits per heavy atom. The second-order valence-electron chi connectivity index (χ2n) is 6.03. The third-order valence-corrected chi connectivity index (χ3v) is 3.89. The van der Waals surface area contributed by atoms with Crippen molar-refractivity contribution in [1.82, 2.24) is 5.32 Å². The van der Waals surface area contributed by atoms with Gasteiger partial charge in [-0.15, -0.1) is 0 Å². The van der Waals surface area contributed by atoms with Crippen molar-refractivity contribution in [2.75, 3.05) is 13.2 Å². The van der Waals surface area contributed by atoms with Crippen molar-refractivity contribution in [2.24, 2.45) is 5.41 Å². The van der Waals surface area contributed by atoms with Crippen molar-refractivity contribution < 1.29 is 5.11 Å². The van der Waals surface area contributed by atoms with Crippen LogP contribution in [0.2, 0.25) is 0 Å². The van der Waals surface area contributed by atoms with Gasteiger partial charge in [0.05, 0.1) is 18.1 Å². The Bertz CT molecular complexity index is 262. The molecule has 0 atom stereocenters. The first kappa shape index (κ1) is 14.5. The van der Waals surface area contributed by atoms with E-state index >= 15 is 0 Å². The summed E-state index contributed by atoms with van der Waals surface area (Å²) in [6.07, 6.45) is 7.80. The van der Waals surface area contributed by atoms with Crippen LogP contribution < -0.4 is 5.32 Å². The predicted molar refractivity (Wildman–Crippen MR) is 69.5 cm³/mol. The summed E-state index contributed by atoms with van der Waals surface area (Å²) in [4.78, 5) is 0. The van der Waals surface area contributed by atoms with Crippen molar-refractivity contribution in [3.63, 3.8) is 0 Å². The van der Waals surface area contributed by atoms with Gasteiger partial charge in [-0.1, -0.05) is 19.3 Å². The van der Waals surface area contributed by atoms with Crippen LogP contribution in [0.15, 0.2) is 0 Å². The van der Waals surface area contributed by atoms with Gasteiger partial charge in [0.1, 0.15) is 0 Å². The highest BCUT2D eigenvalue weighted by Crippen LogP contribution is 2.29. The van der Waals surface area contributed by atoms with E-state index in [2.05, 4.69) is 11.4 Å². The topological polar surface area (TPSA) is 56.0 Å². The zero-order chi connectivity index (χ0) is 12.8. The molecule has 0 bridgehead atoms. The number of nitriles is 1. The fourth-order valence-corrected chi connectivity index (χ4v) is 2.54. The Labute approximate surface area is 105 Å². The van der Waals surface area contributed by atoms with Gasteiger partial charge in [0.2, 0.25) is 0 Å². The van der Waals surface area contributed by atoms with Gasteiger partial charge in [-0.2, -0.15) is 5.26 Å². The average Bonchev–Trinajstić information content (AvgIpc) is 2.78. The Balaban J connectivity index is 2.14. The van der Waals surface area contributed by atoms with Gasteiger partial charge >= 0.3 is 0 Å². The Hall–Kier alpha value is -0.590. The SMILES string of the molecule is CC(C)(C#N)CCCCNC1(CO)CCCC1. The van der Waals surface area contributed by atoms with E-state index in [9.17, 15) is 5.11 Å². The van der Waals surface area contributed by atoms with E-state index in [1.54, 1.807) is 0 Å². The molecule has 0 aromatic carbocycles. The van der Waals surface area contributed by atoms with Crippen molar-refractivity contribution in [3.05, 3.63) is 0 Å². The molecule has 0 radical (unpaired) electrons. The molecule has 1 saturated carbocycles. The van der Waals surface area contributed by atoms with E-state index in [-0.39, 0.29) is 17.6 Å². The highest BCUT2D eigenvalue weighted by Gasteiger charge is 2.32. The van der Waals surface area contributed by atoms with Gasteiger partial charge in [-0.25, -0.2) is 0 Å². The van der Waals surface area contributed by atoms with Crippen LogP contribution in [0.4, 0.5) is 0 Å². The van der Waals surface area contributed by atoms with Crippen molar-refractivity contribution in [2.45, 2.75) is 64.3 Å². The Morgan fingerprint density at radius 3 is 2.47 bits per heavy atom. The third-order valence-electron chi connectivity index (χ3n) is 3.89. The third kappa shape index (κ3) is 4.65. The highest BCUT2D eigenvalue weighted by molar-refractivity contribution is 4.93. The highest BCUT2D eigenvalue weighted by atomic mass is 16.3. The molecule has 0 amide bonds. The molecule has 0 heterocycles. The molecule has 0 unspecified atom stereocenters. The molecule has 3 nitrogen and oxygen atoms in total. The minimum Gasteiger partial charge on any atom is -0.394 e. The van der Waals surface area contributed by atoms with Crippen LogP contribution in [0.25, 0.3) is 0 Å². The molecule has 1 aliphatic rings. The summed E-state index contributed by atoms with van der Waals surface area (Å²) in [6, 6.07) is 2.33. The van der Waals surface area contributed by atoms with E-state index in [4.69, 9.17) is 5.26 Å². The number of aliphatic hydroxyl groups is 1. The average molecular weight is 238 g/mol. The lowest BCUT2D eigenvalue weighted by Gasteiger charge is -2.28. The molecule has 0 aromatic heterocycles. The van der Waals surface area contributed by atoms with E-state index in [1.165, 1.54) is 12.8 Å². The summed E-state index contributed by atoms with van der Waals surface area (Å²) in [5.41, 5.74) is -0.188. The van der Waals surface area contributed by atoms with Crippen molar-refractivity contribution in [1.29, 1.82) is 5.26 Å². The van der Waals surface area contributed by atoms with Crippen LogP contribution in [-0.2, 0) is 0 Å². The Kier molecular flexibility index (Phi) is 5.42. The molecular formula is C14H26N2O. The van der Waals surface area contributed by atoms with E-state index in [0.717, 1.165) is 38.6 Å². The molecule has 1 fully saturated rings. The van der Waals surface area contributed by atoms with E-state index < -0.39 is 0 Å². The van der Waals surface area contributed by atoms with Gasteiger partial charge in [0, 0.05) is 5.54 Å². The number of aliphatic hydroxyl groups excluding tert-OH is 1. The molecule has 3 heteroatoms. The lowest BCUT2D eigenvalue weighted by molar-refractivity contribution is 0.163. The molecule has 0 spiro atoms. The van der Waals surface area contributed by atoms with E-state index in [0.29, 0.717) is 0 Å². The van der Waals surface area contributed by atoms with Crippen LogP contribution in [0.5, 0.6) is 0 Å². The van der Waals surface area contributed by atoms with Gasteiger partial charge in [0.25, 0.3) is 0 Å². The number of hydrogen-bond donors (Lipinski definition) is 2. The molecule has 0 aliphatic heterocycles. The zero-order valence-corrected chi connectivity index (χ0v) is 11.3. The van der Waals surface area contributed by atoms with Gasteiger partial charge in [-0.05, 0) is 46.1 Å². The molecular weight excluding hydrogens is 212 g/mol. The molecule has 1 aliphatic carbocycles. The maximum absolute atomic E-state index is 9.43. The summed E-state index contributed by atoms with van der Waals surface area (Å²) < 4.78 is 0. The van der Waals surface area contributed by atoms with Gasteiger partial charge in [0.15, 0.2) is 0 Å². The summed E-state index contributed by atoms with van der Waals surface area (Å²) in [5, 5.41) is 21.9. The fraction of sp³-hybridized carbons (Fsp3) is 0.929.